The second kappa shape index (κ2) is 8.10. The largest absolute Gasteiger partial charge is 0.385 e. The van der Waals surface area contributed by atoms with Crippen LogP contribution in [-0.2, 0) is 10.2 Å². The topological polar surface area (TPSA) is 114 Å². The van der Waals surface area contributed by atoms with E-state index in [-0.39, 0.29) is 5.69 Å². The summed E-state index contributed by atoms with van der Waals surface area (Å²) < 4.78 is 35.4. The summed E-state index contributed by atoms with van der Waals surface area (Å²) in [6.45, 7) is 2.68. The summed E-state index contributed by atoms with van der Waals surface area (Å²) in [5.41, 5.74) is 0.174. The molecule has 0 spiro atoms. The fourth-order valence-electron chi connectivity index (χ4n) is 2.76. The van der Waals surface area contributed by atoms with Gasteiger partial charge in [0, 0.05) is 29.1 Å². The van der Waals surface area contributed by atoms with Gasteiger partial charge in [-0.3, -0.25) is 10.1 Å². The van der Waals surface area contributed by atoms with Crippen molar-refractivity contribution < 1.29 is 17.2 Å². The summed E-state index contributed by atoms with van der Waals surface area (Å²) in [4.78, 5) is 9.49. The molecule has 0 aliphatic heterocycles. The van der Waals surface area contributed by atoms with Crippen LogP contribution in [-0.4, -0.2) is 19.9 Å². The van der Waals surface area contributed by atoms with Crippen molar-refractivity contribution in [3.8, 4) is 0 Å². The van der Waals surface area contributed by atoms with Crippen molar-refractivity contribution in [1.29, 1.82) is 0 Å². The average Bonchev–Trinajstić information content (AvgIpc) is 2.67. The number of halogens is 2. The third kappa shape index (κ3) is 4.33. The molecule has 3 rings (SSSR count). The number of nitro benzene ring substituents is 1. The number of hydrogen-bond acceptors (Lipinski definition) is 7. The molecule has 0 heterocycles. The smallest absolute Gasteiger partial charge is 0.332 e. The lowest BCUT2D eigenvalue weighted by Gasteiger charge is -2.09. The van der Waals surface area contributed by atoms with Crippen LogP contribution >= 0.6 is 11.6 Å². The van der Waals surface area contributed by atoms with Crippen LogP contribution in [0.2, 0.25) is 5.02 Å². The van der Waals surface area contributed by atoms with Crippen LogP contribution < -0.4 is 5.32 Å². The fourth-order valence-corrected chi connectivity index (χ4v) is 3.59. The van der Waals surface area contributed by atoms with Crippen LogP contribution in [0, 0.1) is 10.1 Å². The molecule has 0 bridgehead atoms. The van der Waals surface area contributed by atoms with E-state index in [0.717, 1.165) is 29.1 Å². The molecule has 0 radical (unpaired) electrons. The van der Waals surface area contributed by atoms with Gasteiger partial charge >= 0.3 is 10.2 Å². The standard InChI is InChI=1S/C18H14ClFN4O4S/c1-2-21-15-7-8-16(13-6-4-3-5-12(13)15)22-23-18-14(19)9-11(29(20,27)28)10-17(18)24(25)26/h3-10,21H,2H2,1H3. The number of benzene rings is 3. The van der Waals surface area contributed by atoms with Gasteiger partial charge in [0.25, 0.3) is 5.69 Å². The van der Waals surface area contributed by atoms with Gasteiger partial charge in [0.15, 0.2) is 5.69 Å². The predicted octanol–water partition coefficient (Wildman–Crippen LogP) is 5.91. The van der Waals surface area contributed by atoms with Crippen molar-refractivity contribution >= 4 is 55.3 Å². The molecule has 150 valence electrons. The highest BCUT2D eigenvalue weighted by Crippen LogP contribution is 2.40. The molecule has 8 nitrogen and oxygen atoms in total. The number of nitro groups is 1. The molecule has 1 N–H and O–H groups in total. The Hall–Kier alpha value is -3.11. The Morgan fingerprint density at radius 2 is 1.83 bits per heavy atom. The molecule has 0 aliphatic rings. The molecular formula is C18H14ClFN4O4S. The zero-order valence-corrected chi connectivity index (χ0v) is 16.5. The van der Waals surface area contributed by atoms with Gasteiger partial charge in [0.1, 0.15) is 4.90 Å². The van der Waals surface area contributed by atoms with Crippen LogP contribution in [0.5, 0.6) is 0 Å². The van der Waals surface area contributed by atoms with Gasteiger partial charge in [0.05, 0.1) is 15.6 Å². The maximum atomic E-state index is 13.2. The minimum atomic E-state index is -5.17. The van der Waals surface area contributed by atoms with E-state index in [9.17, 15) is 22.4 Å². The van der Waals surface area contributed by atoms with Crippen LogP contribution in [0.1, 0.15) is 6.92 Å². The molecule has 3 aromatic carbocycles. The number of nitrogens with one attached hydrogen (secondary N) is 1. The Kier molecular flexibility index (Phi) is 5.76. The van der Waals surface area contributed by atoms with E-state index in [4.69, 9.17) is 11.6 Å². The number of nitrogens with zero attached hydrogens (tertiary/aromatic N) is 3. The molecule has 3 aromatic rings. The zero-order valence-electron chi connectivity index (χ0n) is 15.0. The van der Waals surface area contributed by atoms with Crippen molar-refractivity contribution in [2.75, 3.05) is 11.9 Å². The van der Waals surface area contributed by atoms with Crippen molar-refractivity contribution in [1.82, 2.24) is 0 Å². The first kappa shape index (κ1) is 20.6. The number of rotatable bonds is 6. The summed E-state index contributed by atoms with van der Waals surface area (Å²) in [6.07, 6.45) is 0. The first-order chi connectivity index (χ1) is 13.7. The molecule has 0 aliphatic carbocycles. The molecule has 0 amide bonds. The van der Waals surface area contributed by atoms with E-state index in [0.29, 0.717) is 11.8 Å². The number of fused-ring (bicyclic) bond motifs is 1. The highest BCUT2D eigenvalue weighted by atomic mass is 35.5. The number of hydrogen-bond donors (Lipinski definition) is 1. The lowest BCUT2D eigenvalue weighted by atomic mass is 10.1. The molecule has 0 saturated carbocycles. The van der Waals surface area contributed by atoms with E-state index >= 15 is 0 Å². The second-order valence-corrected chi connectivity index (χ2v) is 7.63. The molecule has 29 heavy (non-hydrogen) atoms. The van der Waals surface area contributed by atoms with E-state index < -0.39 is 30.8 Å². The first-order valence-electron chi connectivity index (χ1n) is 8.32. The van der Waals surface area contributed by atoms with Gasteiger partial charge in [-0.2, -0.15) is 8.42 Å². The summed E-state index contributed by atoms with van der Waals surface area (Å²) >= 11 is 5.94. The summed E-state index contributed by atoms with van der Waals surface area (Å²) in [7, 11) is -5.17. The fraction of sp³-hybridized carbons (Fsp3) is 0.111. The van der Waals surface area contributed by atoms with Gasteiger partial charge in [-0.1, -0.05) is 35.9 Å². The van der Waals surface area contributed by atoms with E-state index in [1.165, 1.54) is 0 Å². The van der Waals surface area contributed by atoms with Crippen molar-refractivity contribution in [2.24, 2.45) is 10.2 Å². The summed E-state index contributed by atoms with van der Waals surface area (Å²) in [5.74, 6) is 0. The third-order valence-electron chi connectivity index (χ3n) is 4.02. The molecule has 0 saturated heterocycles. The highest BCUT2D eigenvalue weighted by molar-refractivity contribution is 7.86. The minimum absolute atomic E-state index is 0.371. The van der Waals surface area contributed by atoms with Crippen molar-refractivity contribution in [2.45, 2.75) is 11.8 Å². The molecule has 0 unspecified atom stereocenters. The first-order valence-corrected chi connectivity index (χ1v) is 10.1. The lowest BCUT2D eigenvalue weighted by Crippen LogP contribution is -1.97. The highest BCUT2D eigenvalue weighted by Gasteiger charge is 2.24. The molecule has 0 atom stereocenters. The lowest BCUT2D eigenvalue weighted by molar-refractivity contribution is -0.384. The van der Waals surface area contributed by atoms with Gasteiger partial charge in [-0.15, -0.1) is 14.1 Å². The number of azo groups is 1. The minimum Gasteiger partial charge on any atom is -0.385 e. The third-order valence-corrected chi connectivity index (χ3v) is 5.11. The van der Waals surface area contributed by atoms with Crippen LogP contribution in [0.4, 0.5) is 26.6 Å². The van der Waals surface area contributed by atoms with Gasteiger partial charge in [0.2, 0.25) is 0 Å². The SMILES string of the molecule is CCNc1ccc(N=Nc2c(Cl)cc(S(=O)(=O)F)cc2[N+](=O)[O-])c2ccccc12. The van der Waals surface area contributed by atoms with Crippen molar-refractivity contribution in [3.05, 3.63) is 63.7 Å². The van der Waals surface area contributed by atoms with Gasteiger partial charge in [-0.05, 0) is 25.1 Å². The molecule has 0 fully saturated rings. The van der Waals surface area contributed by atoms with Gasteiger partial charge < -0.3 is 5.32 Å². The maximum Gasteiger partial charge on any atom is 0.332 e. The second-order valence-electron chi connectivity index (χ2n) is 5.88. The summed E-state index contributed by atoms with van der Waals surface area (Å²) in [5, 5.41) is 23.7. The molecular weight excluding hydrogens is 423 g/mol. The maximum absolute atomic E-state index is 13.2. The Morgan fingerprint density at radius 3 is 2.45 bits per heavy atom. The average molecular weight is 437 g/mol. The Labute approximate surface area is 170 Å². The quantitative estimate of drug-likeness (QED) is 0.223. The van der Waals surface area contributed by atoms with Crippen molar-refractivity contribution in [3.63, 3.8) is 0 Å². The van der Waals surface area contributed by atoms with E-state index in [1.807, 2.05) is 31.2 Å². The van der Waals surface area contributed by atoms with E-state index in [1.54, 1.807) is 12.1 Å². The molecule has 11 heteroatoms. The van der Waals surface area contributed by atoms with Crippen LogP contribution in [0.15, 0.2) is 63.7 Å². The Balaban J connectivity index is 2.14. The van der Waals surface area contributed by atoms with E-state index in [2.05, 4.69) is 15.5 Å². The Morgan fingerprint density at radius 1 is 1.14 bits per heavy atom. The normalized spacial score (nSPS) is 11.8. The predicted molar refractivity (Wildman–Crippen MR) is 109 cm³/mol. The Bertz CT molecular complexity index is 1250. The zero-order chi connectivity index (χ0) is 21.2. The van der Waals surface area contributed by atoms with Crippen LogP contribution in [0.25, 0.3) is 10.8 Å². The van der Waals surface area contributed by atoms with Gasteiger partial charge in [-0.25, -0.2) is 0 Å². The molecule has 0 aromatic heterocycles. The number of anilines is 1. The summed E-state index contributed by atoms with van der Waals surface area (Å²) in [6, 6.07) is 12.2. The monoisotopic (exact) mass is 436 g/mol. The van der Waals surface area contributed by atoms with Crippen LogP contribution in [0.3, 0.4) is 0 Å².